The average molecular weight is 216 g/mol. The van der Waals surface area contributed by atoms with Crippen molar-refractivity contribution in [1.82, 2.24) is 10.6 Å². The molecule has 5 heteroatoms. The lowest BCUT2D eigenvalue weighted by molar-refractivity contribution is -0.125. The lowest BCUT2D eigenvalue weighted by atomic mass is 10.0. The molecule has 0 radical (unpaired) electrons. The van der Waals surface area contributed by atoms with E-state index in [1.165, 1.54) is 0 Å². The summed E-state index contributed by atoms with van der Waals surface area (Å²) in [6.07, 6.45) is 0.195. The molecule has 3 atom stereocenters. The molecule has 0 aromatic rings. The van der Waals surface area contributed by atoms with E-state index >= 15 is 0 Å². The van der Waals surface area contributed by atoms with Crippen LogP contribution in [0, 0.1) is 5.92 Å². The van der Waals surface area contributed by atoms with Gasteiger partial charge in [-0.25, -0.2) is 0 Å². The molecule has 0 saturated carbocycles. The molecule has 0 aromatic heterocycles. The third-order valence-electron chi connectivity index (χ3n) is 2.77. The van der Waals surface area contributed by atoms with Gasteiger partial charge in [0.2, 0.25) is 5.91 Å². The summed E-state index contributed by atoms with van der Waals surface area (Å²) >= 11 is 0. The van der Waals surface area contributed by atoms with Crippen LogP contribution in [0.2, 0.25) is 0 Å². The van der Waals surface area contributed by atoms with Gasteiger partial charge in [-0.3, -0.25) is 4.79 Å². The third-order valence-corrected chi connectivity index (χ3v) is 2.77. The number of amides is 1. The molecule has 0 bridgehead atoms. The Balaban J connectivity index is 2.33. The zero-order chi connectivity index (χ0) is 11.3. The van der Waals surface area contributed by atoms with Crippen molar-refractivity contribution in [3.63, 3.8) is 0 Å². The number of hydrogen-bond donors (Lipinski definition) is 3. The number of nitrogens with one attached hydrogen (secondary N) is 2. The lowest BCUT2D eigenvalue weighted by Crippen LogP contribution is -2.44. The van der Waals surface area contributed by atoms with E-state index in [9.17, 15) is 9.90 Å². The molecule has 5 nitrogen and oxygen atoms in total. The predicted molar refractivity (Wildman–Crippen MR) is 56.5 cm³/mol. The number of likely N-dealkylation sites (N-methyl/N-ethyl adjacent to an activating group) is 1. The highest BCUT2D eigenvalue weighted by molar-refractivity contribution is 5.79. The van der Waals surface area contributed by atoms with Gasteiger partial charge in [0.1, 0.15) is 0 Å². The van der Waals surface area contributed by atoms with Crippen LogP contribution in [-0.2, 0) is 9.53 Å². The SMILES string of the molecule is CCC(O)CNC(=O)C1COCC1NC. The van der Waals surface area contributed by atoms with Gasteiger partial charge in [-0.1, -0.05) is 6.92 Å². The molecule has 1 aliphatic heterocycles. The van der Waals surface area contributed by atoms with Gasteiger partial charge in [-0.05, 0) is 13.5 Å². The molecule has 88 valence electrons. The summed E-state index contributed by atoms with van der Waals surface area (Å²) in [6.45, 7) is 3.23. The highest BCUT2D eigenvalue weighted by Crippen LogP contribution is 2.13. The Morgan fingerprint density at radius 3 is 2.93 bits per heavy atom. The largest absolute Gasteiger partial charge is 0.391 e. The molecule has 3 unspecified atom stereocenters. The van der Waals surface area contributed by atoms with Crippen LogP contribution in [0.1, 0.15) is 13.3 Å². The molecule has 1 fully saturated rings. The van der Waals surface area contributed by atoms with E-state index in [1.807, 2.05) is 14.0 Å². The van der Waals surface area contributed by atoms with E-state index in [1.54, 1.807) is 0 Å². The van der Waals surface area contributed by atoms with Crippen LogP contribution >= 0.6 is 0 Å². The molecule has 15 heavy (non-hydrogen) atoms. The van der Waals surface area contributed by atoms with Gasteiger partial charge in [-0.15, -0.1) is 0 Å². The first-order valence-corrected chi connectivity index (χ1v) is 5.39. The maximum absolute atomic E-state index is 11.7. The van der Waals surface area contributed by atoms with Crippen LogP contribution in [0.25, 0.3) is 0 Å². The van der Waals surface area contributed by atoms with Gasteiger partial charge >= 0.3 is 0 Å². The van der Waals surface area contributed by atoms with Crippen molar-refractivity contribution >= 4 is 5.91 Å². The van der Waals surface area contributed by atoms with E-state index in [-0.39, 0.29) is 17.9 Å². The van der Waals surface area contributed by atoms with Gasteiger partial charge in [0, 0.05) is 12.6 Å². The van der Waals surface area contributed by atoms with Gasteiger partial charge in [-0.2, -0.15) is 0 Å². The molecule has 1 rings (SSSR count). The predicted octanol–water partition coefficient (Wildman–Crippen LogP) is -0.892. The van der Waals surface area contributed by atoms with Crippen molar-refractivity contribution in [3.05, 3.63) is 0 Å². The van der Waals surface area contributed by atoms with Crippen molar-refractivity contribution in [1.29, 1.82) is 0 Å². The van der Waals surface area contributed by atoms with Gasteiger partial charge in [0.15, 0.2) is 0 Å². The summed E-state index contributed by atoms with van der Waals surface area (Å²) in [5.74, 6) is -0.182. The normalized spacial score (nSPS) is 27.7. The van der Waals surface area contributed by atoms with E-state index in [0.29, 0.717) is 26.2 Å². The first-order chi connectivity index (χ1) is 7.19. The second-order valence-electron chi connectivity index (χ2n) is 3.85. The van der Waals surface area contributed by atoms with E-state index in [4.69, 9.17) is 4.74 Å². The topological polar surface area (TPSA) is 70.6 Å². The highest BCUT2D eigenvalue weighted by atomic mass is 16.5. The van der Waals surface area contributed by atoms with E-state index in [0.717, 1.165) is 0 Å². The molecular formula is C10H20N2O3. The number of aliphatic hydroxyl groups excluding tert-OH is 1. The van der Waals surface area contributed by atoms with Gasteiger partial charge < -0.3 is 20.5 Å². The molecule has 1 amide bonds. The molecule has 0 aliphatic carbocycles. The summed E-state index contributed by atoms with van der Waals surface area (Å²) in [7, 11) is 1.82. The highest BCUT2D eigenvalue weighted by Gasteiger charge is 2.32. The minimum atomic E-state index is -0.454. The summed E-state index contributed by atoms with van der Waals surface area (Å²) in [5, 5.41) is 15.1. The Morgan fingerprint density at radius 2 is 2.33 bits per heavy atom. The minimum absolute atomic E-state index is 0.0423. The zero-order valence-electron chi connectivity index (χ0n) is 9.32. The third kappa shape index (κ3) is 3.44. The molecule has 1 saturated heterocycles. The number of carbonyl (C=O) groups excluding carboxylic acids is 1. The number of carbonyl (C=O) groups is 1. The van der Waals surface area contributed by atoms with Crippen molar-refractivity contribution in [2.24, 2.45) is 5.92 Å². The average Bonchev–Trinajstić information content (AvgIpc) is 2.73. The van der Waals surface area contributed by atoms with Crippen molar-refractivity contribution in [3.8, 4) is 0 Å². The molecule has 1 heterocycles. The van der Waals surface area contributed by atoms with Gasteiger partial charge in [0.05, 0.1) is 25.2 Å². The van der Waals surface area contributed by atoms with Crippen molar-refractivity contribution in [2.75, 3.05) is 26.8 Å². The maximum atomic E-state index is 11.7. The van der Waals surface area contributed by atoms with Crippen molar-refractivity contribution in [2.45, 2.75) is 25.5 Å². The summed E-state index contributed by atoms with van der Waals surface area (Å²) in [5.41, 5.74) is 0. The van der Waals surface area contributed by atoms with Crippen LogP contribution in [0.3, 0.4) is 0 Å². The number of aliphatic hydroxyl groups is 1. The Morgan fingerprint density at radius 1 is 1.60 bits per heavy atom. The van der Waals surface area contributed by atoms with Gasteiger partial charge in [0.25, 0.3) is 0 Å². The molecule has 3 N–H and O–H groups in total. The zero-order valence-corrected chi connectivity index (χ0v) is 9.32. The lowest BCUT2D eigenvalue weighted by Gasteiger charge is -2.17. The maximum Gasteiger partial charge on any atom is 0.227 e. The van der Waals surface area contributed by atoms with Crippen LogP contribution in [0.4, 0.5) is 0 Å². The number of rotatable bonds is 5. The summed E-state index contributed by atoms with van der Waals surface area (Å²) in [6, 6.07) is 0.0868. The number of ether oxygens (including phenoxy) is 1. The first-order valence-electron chi connectivity index (χ1n) is 5.39. The monoisotopic (exact) mass is 216 g/mol. The second kappa shape index (κ2) is 6.05. The van der Waals surface area contributed by atoms with Crippen LogP contribution in [-0.4, -0.2) is 50.0 Å². The second-order valence-corrected chi connectivity index (χ2v) is 3.85. The Hall–Kier alpha value is -0.650. The standard InChI is InChI=1S/C10H20N2O3/c1-3-7(13)4-12-10(14)8-5-15-6-9(8)11-2/h7-9,11,13H,3-6H2,1-2H3,(H,12,14). The summed E-state index contributed by atoms with van der Waals surface area (Å²) in [4.78, 5) is 11.7. The Bertz CT molecular complexity index is 211. The number of hydrogen-bond acceptors (Lipinski definition) is 4. The Labute approximate surface area is 90.2 Å². The first kappa shape index (κ1) is 12.4. The van der Waals surface area contributed by atoms with E-state index < -0.39 is 6.10 Å². The molecular weight excluding hydrogens is 196 g/mol. The van der Waals surface area contributed by atoms with E-state index in [2.05, 4.69) is 10.6 Å². The molecule has 0 aromatic carbocycles. The van der Waals surface area contributed by atoms with Crippen molar-refractivity contribution < 1.29 is 14.6 Å². The molecule has 1 aliphatic rings. The van der Waals surface area contributed by atoms with Crippen LogP contribution in [0.5, 0.6) is 0 Å². The molecule has 0 spiro atoms. The fourth-order valence-corrected chi connectivity index (χ4v) is 1.59. The van der Waals surface area contributed by atoms with Crippen LogP contribution in [0.15, 0.2) is 0 Å². The fraction of sp³-hybridized carbons (Fsp3) is 0.900. The van der Waals surface area contributed by atoms with Crippen LogP contribution < -0.4 is 10.6 Å². The minimum Gasteiger partial charge on any atom is -0.391 e. The summed E-state index contributed by atoms with van der Waals surface area (Å²) < 4.78 is 5.23. The fourth-order valence-electron chi connectivity index (χ4n) is 1.59. The smallest absolute Gasteiger partial charge is 0.227 e. The Kier molecular flexibility index (Phi) is 5.01. The quantitative estimate of drug-likeness (QED) is 0.557.